The van der Waals surface area contributed by atoms with Gasteiger partial charge >= 0.3 is 0 Å². The van der Waals surface area contributed by atoms with Gasteiger partial charge in [0.1, 0.15) is 5.65 Å². The molecule has 0 radical (unpaired) electrons. The lowest BCUT2D eigenvalue weighted by atomic mass is 10.0. The van der Waals surface area contributed by atoms with Crippen molar-refractivity contribution in [3.63, 3.8) is 0 Å². The summed E-state index contributed by atoms with van der Waals surface area (Å²) in [5.74, 6) is 0. The second-order valence-corrected chi connectivity index (χ2v) is 7.07. The number of rotatable bonds is 6. The summed E-state index contributed by atoms with van der Waals surface area (Å²) in [6, 6.07) is 14.6. The van der Waals surface area contributed by atoms with Gasteiger partial charge in [0, 0.05) is 28.4 Å². The number of aromatic nitrogens is 2. The minimum absolute atomic E-state index is 0.0826. The summed E-state index contributed by atoms with van der Waals surface area (Å²) < 4.78 is 0. The first kappa shape index (κ1) is 18.0. The fourth-order valence-electron chi connectivity index (χ4n) is 3.59. The molecule has 0 aliphatic carbocycles. The SMILES string of the molecule is CCCCCc1nc2[nH]c3ccc(-c4cccc([N+](=O)[O-])c4)cc3c2cc1N. The molecule has 142 valence electrons. The van der Waals surface area contributed by atoms with Crippen molar-refractivity contribution in [3.8, 4) is 11.1 Å². The summed E-state index contributed by atoms with van der Waals surface area (Å²) in [6.07, 6.45) is 4.29. The number of nitrogens with one attached hydrogen (secondary N) is 1. The van der Waals surface area contributed by atoms with Crippen LogP contribution in [0, 0.1) is 10.1 Å². The van der Waals surface area contributed by atoms with Crippen LogP contribution < -0.4 is 5.73 Å². The number of non-ortho nitro benzene ring substituents is 1. The summed E-state index contributed by atoms with van der Waals surface area (Å²) in [5.41, 5.74) is 11.5. The average Bonchev–Trinajstić information content (AvgIpc) is 3.05. The zero-order valence-electron chi connectivity index (χ0n) is 15.7. The van der Waals surface area contributed by atoms with E-state index in [0.717, 1.165) is 58.0 Å². The van der Waals surface area contributed by atoms with E-state index in [2.05, 4.69) is 11.9 Å². The smallest absolute Gasteiger partial charge is 0.270 e. The number of nitro groups is 1. The predicted molar refractivity (Wildman–Crippen MR) is 113 cm³/mol. The Hall–Kier alpha value is -3.41. The number of H-pyrrole nitrogens is 1. The Balaban J connectivity index is 1.79. The number of fused-ring (bicyclic) bond motifs is 3. The summed E-state index contributed by atoms with van der Waals surface area (Å²) in [5, 5.41) is 13.1. The van der Waals surface area contributed by atoms with Gasteiger partial charge in [-0.1, -0.05) is 38.0 Å². The quantitative estimate of drug-likeness (QED) is 0.260. The standard InChI is InChI=1S/C22H22N4O2/c1-2-3-4-8-21-19(23)13-18-17-12-15(9-10-20(17)24-22(18)25-21)14-6-5-7-16(11-14)26(27)28/h5-7,9-13H,2-4,8,23H2,1H3,(H,24,25). The van der Waals surface area contributed by atoms with E-state index in [-0.39, 0.29) is 10.6 Å². The second kappa shape index (κ2) is 7.31. The molecule has 0 amide bonds. The third kappa shape index (κ3) is 3.29. The van der Waals surface area contributed by atoms with E-state index in [4.69, 9.17) is 10.7 Å². The van der Waals surface area contributed by atoms with Crippen LogP contribution in [0.5, 0.6) is 0 Å². The highest BCUT2D eigenvalue weighted by Crippen LogP contribution is 2.32. The van der Waals surface area contributed by atoms with Crippen LogP contribution in [0.1, 0.15) is 31.9 Å². The molecule has 2 aromatic heterocycles. The first-order chi connectivity index (χ1) is 13.6. The van der Waals surface area contributed by atoms with Gasteiger partial charge in [0.05, 0.1) is 16.3 Å². The molecule has 3 N–H and O–H groups in total. The molecule has 6 nitrogen and oxygen atoms in total. The molecule has 0 atom stereocenters. The minimum atomic E-state index is -0.377. The summed E-state index contributed by atoms with van der Waals surface area (Å²) in [4.78, 5) is 18.8. The lowest BCUT2D eigenvalue weighted by Gasteiger charge is -2.05. The van der Waals surface area contributed by atoms with Gasteiger partial charge in [-0.25, -0.2) is 4.98 Å². The van der Waals surface area contributed by atoms with E-state index in [1.807, 2.05) is 30.3 Å². The number of aryl methyl sites for hydroxylation is 1. The van der Waals surface area contributed by atoms with E-state index in [9.17, 15) is 10.1 Å². The van der Waals surface area contributed by atoms with Gasteiger partial charge in [0.2, 0.25) is 0 Å². The maximum Gasteiger partial charge on any atom is 0.270 e. The van der Waals surface area contributed by atoms with Crippen LogP contribution in [-0.4, -0.2) is 14.9 Å². The number of aromatic amines is 1. The normalized spacial score (nSPS) is 11.3. The number of hydrogen-bond donors (Lipinski definition) is 2. The van der Waals surface area contributed by atoms with Crippen LogP contribution >= 0.6 is 0 Å². The van der Waals surface area contributed by atoms with Gasteiger partial charge in [-0.3, -0.25) is 10.1 Å². The maximum atomic E-state index is 11.1. The predicted octanol–water partition coefficient (Wildman–Crippen LogP) is 5.61. The molecular formula is C22H22N4O2. The van der Waals surface area contributed by atoms with Crippen LogP contribution in [-0.2, 0) is 6.42 Å². The average molecular weight is 374 g/mol. The lowest BCUT2D eigenvalue weighted by Crippen LogP contribution is -1.98. The van der Waals surface area contributed by atoms with Crippen molar-refractivity contribution in [2.24, 2.45) is 0 Å². The van der Waals surface area contributed by atoms with Crippen molar-refractivity contribution in [1.82, 2.24) is 9.97 Å². The molecule has 0 saturated carbocycles. The fraction of sp³-hybridized carbons (Fsp3) is 0.227. The summed E-state index contributed by atoms with van der Waals surface area (Å²) in [6.45, 7) is 2.18. The molecule has 4 aromatic rings. The van der Waals surface area contributed by atoms with Crippen molar-refractivity contribution in [2.75, 3.05) is 5.73 Å². The van der Waals surface area contributed by atoms with E-state index in [1.54, 1.807) is 12.1 Å². The Morgan fingerprint density at radius 2 is 1.89 bits per heavy atom. The van der Waals surface area contributed by atoms with Crippen molar-refractivity contribution in [1.29, 1.82) is 0 Å². The van der Waals surface area contributed by atoms with Gasteiger partial charge in [-0.15, -0.1) is 0 Å². The number of nitrogens with two attached hydrogens (primary N) is 1. The van der Waals surface area contributed by atoms with E-state index in [0.29, 0.717) is 5.69 Å². The summed E-state index contributed by atoms with van der Waals surface area (Å²) in [7, 11) is 0. The van der Waals surface area contributed by atoms with Gasteiger partial charge < -0.3 is 10.7 Å². The van der Waals surface area contributed by atoms with Crippen molar-refractivity contribution < 1.29 is 4.92 Å². The molecule has 0 aliphatic rings. The number of anilines is 1. The van der Waals surface area contributed by atoms with Crippen LogP contribution in [0.25, 0.3) is 33.1 Å². The van der Waals surface area contributed by atoms with Crippen molar-refractivity contribution in [2.45, 2.75) is 32.6 Å². The van der Waals surface area contributed by atoms with Crippen LogP contribution in [0.4, 0.5) is 11.4 Å². The zero-order chi connectivity index (χ0) is 19.7. The van der Waals surface area contributed by atoms with Crippen molar-refractivity contribution >= 4 is 33.3 Å². The number of nitro benzene ring substituents is 1. The molecule has 0 saturated heterocycles. The monoisotopic (exact) mass is 374 g/mol. The molecule has 0 fully saturated rings. The third-order valence-electron chi connectivity index (χ3n) is 5.11. The van der Waals surface area contributed by atoms with Gasteiger partial charge in [0.25, 0.3) is 5.69 Å². The number of benzene rings is 2. The summed E-state index contributed by atoms with van der Waals surface area (Å²) >= 11 is 0. The van der Waals surface area contributed by atoms with Crippen LogP contribution in [0.2, 0.25) is 0 Å². The first-order valence-corrected chi connectivity index (χ1v) is 9.52. The topological polar surface area (TPSA) is 97.8 Å². The zero-order valence-corrected chi connectivity index (χ0v) is 15.7. The Labute approximate surface area is 162 Å². The van der Waals surface area contributed by atoms with E-state index >= 15 is 0 Å². The molecule has 2 heterocycles. The maximum absolute atomic E-state index is 11.1. The van der Waals surface area contributed by atoms with Gasteiger partial charge in [-0.2, -0.15) is 0 Å². The Bertz CT molecular complexity index is 1180. The Kier molecular flexibility index (Phi) is 4.69. The second-order valence-electron chi connectivity index (χ2n) is 7.07. The molecule has 28 heavy (non-hydrogen) atoms. The minimum Gasteiger partial charge on any atom is -0.397 e. The van der Waals surface area contributed by atoms with Gasteiger partial charge in [0.15, 0.2) is 0 Å². The molecule has 0 aliphatic heterocycles. The molecule has 0 unspecified atom stereocenters. The van der Waals surface area contributed by atoms with Crippen molar-refractivity contribution in [3.05, 3.63) is 64.3 Å². The third-order valence-corrected chi connectivity index (χ3v) is 5.11. The highest BCUT2D eigenvalue weighted by atomic mass is 16.6. The molecular weight excluding hydrogens is 352 g/mol. The molecule has 0 bridgehead atoms. The molecule has 4 rings (SSSR count). The first-order valence-electron chi connectivity index (χ1n) is 9.52. The Morgan fingerprint density at radius 3 is 2.68 bits per heavy atom. The van der Waals surface area contributed by atoms with E-state index in [1.165, 1.54) is 12.5 Å². The number of nitrogen functional groups attached to an aromatic ring is 1. The van der Waals surface area contributed by atoms with Gasteiger partial charge in [-0.05, 0) is 42.2 Å². The lowest BCUT2D eigenvalue weighted by molar-refractivity contribution is -0.384. The molecule has 6 heteroatoms. The van der Waals surface area contributed by atoms with Crippen LogP contribution in [0.3, 0.4) is 0 Å². The number of hydrogen-bond acceptors (Lipinski definition) is 4. The molecule has 2 aromatic carbocycles. The van der Waals surface area contributed by atoms with E-state index < -0.39 is 0 Å². The highest BCUT2D eigenvalue weighted by Gasteiger charge is 2.12. The number of pyridine rings is 1. The Morgan fingerprint density at radius 1 is 1.07 bits per heavy atom. The van der Waals surface area contributed by atoms with Crippen LogP contribution in [0.15, 0.2) is 48.5 Å². The largest absolute Gasteiger partial charge is 0.397 e. The fourth-order valence-corrected chi connectivity index (χ4v) is 3.59. The number of nitrogens with zero attached hydrogens (tertiary/aromatic N) is 2. The highest BCUT2D eigenvalue weighted by molar-refractivity contribution is 6.08. The number of unbranched alkanes of at least 4 members (excludes halogenated alkanes) is 2. The molecule has 0 spiro atoms.